The summed E-state index contributed by atoms with van der Waals surface area (Å²) in [4.78, 5) is 12.6. The van der Waals surface area contributed by atoms with Gasteiger partial charge in [0.05, 0.1) is 12.6 Å². The van der Waals surface area contributed by atoms with Crippen LogP contribution < -0.4 is 14.8 Å². The van der Waals surface area contributed by atoms with E-state index >= 15 is 0 Å². The molecule has 1 N–H and O–H groups in total. The molecule has 1 amide bonds. The van der Waals surface area contributed by atoms with Gasteiger partial charge in [0.15, 0.2) is 0 Å². The van der Waals surface area contributed by atoms with Gasteiger partial charge in [-0.1, -0.05) is 30.3 Å². The molecule has 28 heavy (non-hydrogen) atoms. The predicted octanol–water partition coefficient (Wildman–Crippen LogP) is 4.19. The van der Waals surface area contributed by atoms with Gasteiger partial charge in [-0.15, -0.1) is 0 Å². The zero-order chi connectivity index (χ0) is 20.1. The topological polar surface area (TPSA) is 71.3 Å². The highest BCUT2D eigenvalue weighted by Crippen LogP contribution is 2.36. The van der Waals surface area contributed by atoms with Crippen LogP contribution in [0.3, 0.4) is 0 Å². The Labute approximate surface area is 165 Å². The van der Waals surface area contributed by atoms with Gasteiger partial charge < -0.3 is 14.8 Å². The first-order chi connectivity index (χ1) is 13.5. The standard InChI is InChI=1S/C23H24N2O3/c1-4-27-21-12-18-10-15(2)28-22(18)13-19(21)11-20(14-24)23(26)25-16(3)17-8-6-5-7-9-17/h5-9,11-13,15-16H,4,10H2,1-3H3,(H,25,26)/b20-11+/t15-,16+/m0/s1. The molecular formula is C23H24N2O3. The summed E-state index contributed by atoms with van der Waals surface area (Å²) in [6.45, 7) is 6.29. The maximum absolute atomic E-state index is 12.6. The van der Waals surface area contributed by atoms with Crippen molar-refractivity contribution in [3.63, 3.8) is 0 Å². The molecule has 0 unspecified atom stereocenters. The van der Waals surface area contributed by atoms with Gasteiger partial charge in [0, 0.05) is 17.5 Å². The van der Waals surface area contributed by atoms with Crippen molar-refractivity contribution < 1.29 is 14.3 Å². The number of nitrogens with zero attached hydrogens (tertiary/aromatic N) is 1. The normalized spacial score (nSPS) is 16.5. The number of carbonyl (C=O) groups is 1. The fraction of sp³-hybridized carbons (Fsp3) is 0.304. The van der Waals surface area contributed by atoms with E-state index in [0.29, 0.717) is 17.9 Å². The molecule has 0 fully saturated rings. The third-order valence-electron chi connectivity index (χ3n) is 4.64. The van der Waals surface area contributed by atoms with Crippen molar-refractivity contribution in [1.29, 1.82) is 5.26 Å². The van der Waals surface area contributed by atoms with Gasteiger partial charge in [-0.2, -0.15) is 5.26 Å². The number of amides is 1. The minimum atomic E-state index is -0.420. The monoisotopic (exact) mass is 376 g/mol. The number of carbonyl (C=O) groups excluding carboxylic acids is 1. The Bertz CT molecular complexity index is 929. The number of nitriles is 1. The molecule has 0 spiro atoms. The quantitative estimate of drug-likeness (QED) is 0.606. The molecule has 1 heterocycles. The highest BCUT2D eigenvalue weighted by molar-refractivity contribution is 6.02. The Morgan fingerprint density at radius 1 is 1.39 bits per heavy atom. The van der Waals surface area contributed by atoms with Crippen molar-refractivity contribution in [3.05, 3.63) is 64.7 Å². The molecule has 3 rings (SSSR count). The van der Waals surface area contributed by atoms with Gasteiger partial charge in [0.2, 0.25) is 0 Å². The van der Waals surface area contributed by atoms with Crippen LogP contribution in [0, 0.1) is 11.3 Å². The maximum Gasteiger partial charge on any atom is 0.262 e. The minimum absolute atomic E-state index is 0.0229. The zero-order valence-corrected chi connectivity index (χ0v) is 16.4. The van der Waals surface area contributed by atoms with Crippen LogP contribution in [-0.2, 0) is 11.2 Å². The average Bonchev–Trinajstić information content (AvgIpc) is 3.05. The molecule has 144 valence electrons. The Morgan fingerprint density at radius 2 is 2.14 bits per heavy atom. The van der Waals surface area contributed by atoms with Gasteiger partial charge in [0.1, 0.15) is 29.2 Å². The molecule has 1 aliphatic rings. The molecule has 0 aliphatic carbocycles. The van der Waals surface area contributed by atoms with Crippen LogP contribution in [0.15, 0.2) is 48.0 Å². The largest absolute Gasteiger partial charge is 0.493 e. The summed E-state index contributed by atoms with van der Waals surface area (Å²) in [5.41, 5.74) is 2.74. The Kier molecular flexibility index (Phi) is 6.00. The smallest absolute Gasteiger partial charge is 0.262 e. The number of ether oxygens (including phenoxy) is 2. The molecule has 2 atom stereocenters. The van der Waals surface area contributed by atoms with Gasteiger partial charge in [0.25, 0.3) is 5.91 Å². The van der Waals surface area contributed by atoms with Gasteiger partial charge in [-0.25, -0.2) is 0 Å². The Balaban J connectivity index is 1.87. The number of hydrogen-bond acceptors (Lipinski definition) is 4. The summed E-state index contributed by atoms with van der Waals surface area (Å²) in [5.74, 6) is 1.00. The highest BCUT2D eigenvalue weighted by atomic mass is 16.5. The lowest BCUT2D eigenvalue weighted by molar-refractivity contribution is -0.117. The fourth-order valence-corrected chi connectivity index (χ4v) is 3.25. The minimum Gasteiger partial charge on any atom is -0.493 e. The number of fused-ring (bicyclic) bond motifs is 1. The van der Waals surface area contributed by atoms with Crippen molar-refractivity contribution in [2.45, 2.75) is 39.3 Å². The summed E-state index contributed by atoms with van der Waals surface area (Å²) >= 11 is 0. The third kappa shape index (κ3) is 4.34. The van der Waals surface area contributed by atoms with Crippen molar-refractivity contribution in [3.8, 4) is 17.6 Å². The van der Waals surface area contributed by atoms with Crippen molar-refractivity contribution >= 4 is 12.0 Å². The molecular weight excluding hydrogens is 352 g/mol. The van der Waals surface area contributed by atoms with Crippen LogP contribution in [0.1, 0.15) is 43.5 Å². The molecule has 0 saturated heterocycles. The van der Waals surface area contributed by atoms with E-state index in [2.05, 4.69) is 5.32 Å². The van der Waals surface area contributed by atoms with E-state index in [4.69, 9.17) is 9.47 Å². The van der Waals surface area contributed by atoms with Crippen LogP contribution in [0.25, 0.3) is 6.08 Å². The second kappa shape index (κ2) is 8.62. The lowest BCUT2D eigenvalue weighted by Crippen LogP contribution is -2.27. The predicted molar refractivity (Wildman–Crippen MR) is 108 cm³/mol. The molecule has 5 heteroatoms. The van der Waals surface area contributed by atoms with Crippen molar-refractivity contribution in [2.24, 2.45) is 0 Å². The number of nitrogens with one attached hydrogen (secondary N) is 1. The van der Waals surface area contributed by atoms with Gasteiger partial charge in [-0.3, -0.25) is 4.79 Å². The molecule has 0 aromatic heterocycles. The molecule has 0 bridgehead atoms. The first-order valence-corrected chi connectivity index (χ1v) is 9.45. The number of rotatable bonds is 6. The van der Waals surface area contributed by atoms with E-state index in [1.165, 1.54) is 0 Å². The number of hydrogen-bond donors (Lipinski definition) is 1. The first-order valence-electron chi connectivity index (χ1n) is 9.45. The van der Waals surface area contributed by atoms with Gasteiger partial charge >= 0.3 is 0 Å². The lowest BCUT2D eigenvalue weighted by Gasteiger charge is -2.14. The Hall–Kier alpha value is -3.26. The van der Waals surface area contributed by atoms with Crippen molar-refractivity contribution in [1.82, 2.24) is 5.32 Å². The summed E-state index contributed by atoms with van der Waals surface area (Å²) in [5, 5.41) is 12.4. The summed E-state index contributed by atoms with van der Waals surface area (Å²) in [7, 11) is 0. The summed E-state index contributed by atoms with van der Waals surface area (Å²) < 4.78 is 11.5. The van der Waals surface area contributed by atoms with E-state index < -0.39 is 5.91 Å². The van der Waals surface area contributed by atoms with Crippen LogP contribution >= 0.6 is 0 Å². The second-order valence-corrected chi connectivity index (χ2v) is 6.84. The molecule has 5 nitrogen and oxygen atoms in total. The zero-order valence-electron chi connectivity index (χ0n) is 16.4. The first kappa shape index (κ1) is 19.5. The lowest BCUT2D eigenvalue weighted by atomic mass is 10.0. The Morgan fingerprint density at radius 3 is 2.82 bits per heavy atom. The summed E-state index contributed by atoms with van der Waals surface area (Å²) in [6, 6.07) is 15.2. The van der Waals surface area contributed by atoms with Crippen LogP contribution in [0.2, 0.25) is 0 Å². The van der Waals surface area contributed by atoms with Crippen molar-refractivity contribution in [2.75, 3.05) is 6.61 Å². The summed E-state index contributed by atoms with van der Waals surface area (Å²) in [6.07, 6.45) is 2.48. The number of benzene rings is 2. The third-order valence-corrected chi connectivity index (χ3v) is 4.64. The van der Waals surface area contributed by atoms with E-state index in [9.17, 15) is 10.1 Å². The molecule has 0 saturated carbocycles. The maximum atomic E-state index is 12.6. The van der Waals surface area contributed by atoms with E-state index in [1.54, 1.807) is 6.08 Å². The molecule has 1 aliphatic heterocycles. The average molecular weight is 376 g/mol. The van der Waals surface area contributed by atoms with E-state index in [0.717, 1.165) is 23.3 Å². The van der Waals surface area contributed by atoms with Crippen LogP contribution in [-0.4, -0.2) is 18.6 Å². The molecule has 2 aromatic rings. The van der Waals surface area contributed by atoms with E-state index in [1.807, 2.05) is 69.3 Å². The van der Waals surface area contributed by atoms with E-state index in [-0.39, 0.29) is 17.7 Å². The molecule has 0 radical (unpaired) electrons. The van der Waals surface area contributed by atoms with Gasteiger partial charge in [-0.05, 0) is 44.5 Å². The molecule has 2 aromatic carbocycles. The second-order valence-electron chi connectivity index (χ2n) is 6.84. The van der Waals surface area contributed by atoms with Crippen LogP contribution in [0.5, 0.6) is 11.5 Å². The highest BCUT2D eigenvalue weighted by Gasteiger charge is 2.22. The SMILES string of the molecule is CCOc1cc2c(cc1/C=C(\C#N)C(=O)N[C@H](C)c1ccccc1)O[C@@H](C)C2. The van der Waals surface area contributed by atoms with Crippen LogP contribution in [0.4, 0.5) is 0 Å². The fourth-order valence-electron chi connectivity index (χ4n) is 3.25.